The van der Waals surface area contributed by atoms with Crippen LogP contribution in [-0.4, -0.2) is 56.7 Å². The molecular weight excluding hydrogens is 542 g/mol. The molecule has 0 bridgehead atoms. The third-order valence-corrected chi connectivity index (χ3v) is 7.91. The van der Waals surface area contributed by atoms with Crippen LogP contribution in [0.4, 0.5) is 0 Å². The van der Waals surface area contributed by atoms with Gasteiger partial charge in [-0.2, -0.15) is 5.10 Å². The highest BCUT2D eigenvalue weighted by Gasteiger charge is 2.25. The van der Waals surface area contributed by atoms with Crippen molar-refractivity contribution in [3.8, 4) is 5.75 Å². The summed E-state index contributed by atoms with van der Waals surface area (Å²) in [4.78, 5) is 34.5. The van der Waals surface area contributed by atoms with Gasteiger partial charge in [0.1, 0.15) is 18.6 Å². The van der Waals surface area contributed by atoms with Gasteiger partial charge >= 0.3 is 0 Å². The Balaban J connectivity index is 1.18. The Morgan fingerprint density at radius 1 is 1.12 bits per heavy atom. The third-order valence-electron chi connectivity index (χ3n) is 7.52. The number of hydrogen-bond acceptors (Lipinski definition) is 7. The van der Waals surface area contributed by atoms with Gasteiger partial charge in [-0.25, -0.2) is 4.98 Å². The van der Waals surface area contributed by atoms with E-state index in [2.05, 4.69) is 47.9 Å². The molecule has 1 amide bonds. The summed E-state index contributed by atoms with van der Waals surface area (Å²) >= 11 is 6.65. The Hall–Kier alpha value is -3.69. The fraction of sp³-hybridized carbons (Fsp3) is 0.419. The Bertz CT molecular complexity index is 1620. The Labute approximate surface area is 244 Å². The first-order chi connectivity index (χ1) is 19.5. The predicted molar refractivity (Wildman–Crippen MR) is 159 cm³/mol. The number of aromatic nitrogens is 3. The van der Waals surface area contributed by atoms with Gasteiger partial charge in [0.05, 0.1) is 28.2 Å². The molecule has 0 saturated carbocycles. The lowest BCUT2D eigenvalue weighted by Gasteiger charge is -2.22. The van der Waals surface area contributed by atoms with Crippen molar-refractivity contribution in [1.82, 2.24) is 24.6 Å². The van der Waals surface area contributed by atoms with Crippen LogP contribution in [0, 0.1) is 6.92 Å². The molecule has 0 N–H and O–H groups in total. The van der Waals surface area contributed by atoms with Crippen LogP contribution < -0.4 is 10.2 Å². The van der Waals surface area contributed by atoms with Crippen LogP contribution in [0.2, 0.25) is 5.02 Å². The molecule has 10 heteroatoms. The third kappa shape index (κ3) is 6.31. The molecule has 4 aromatic rings. The van der Waals surface area contributed by atoms with Gasteiger partial charge in [0.2, 0.25) is 11.2 Å². The van der Waals surface area contributed by atoms with E-state index in [0.717, 1.165) is 24.2 Å². The molecule has 5 rings (SSSR count). The van der Waals surface area contributed by atoms with Crippen molar-refractivity contribution >= 4 is 28.5 Å². The van der Waals surface area contributed by atoms with Gasteiger partial charge in [0.25, 0.3) is 5.91 Å². The molecule has 0 radical (unpaired) electrons. The first kappa shape index (κ1) is 28.8. The second-order valence-electron chi connectivity index (χ2n) is 11.6. The van der Waals surface area contributed by atoms with Crippen LogP contribution in [0.3, 0.4) is 0 Å². The molecule has 1 aromatic carbocycles. The number of pyridine rings is 1. The Morgan fingerprint density at radius 3 is 2.59 bits per heavy atom. The Kier molecular flexibility index (Phi) is 8.20. The zero-order valence-corrected chi connectivity index (χ0v) is 25.0. The maximum absolute atomic E-state index is 13.4. The number of nitrogens with zero attached hydrogens (tertiary/aromatic N) is 5. The number of benzene rings is 1. The quantitative estimate of drug-likeness (QED) is 0.314. The standard InChI is InChI=1S/C31H36ClN5O4/c1-20-27-28(32)24(16-33-29(27)35(5)34-20)30(39)37-12-6-11-36(13-14-37)17-23-15-25(38)26(19-40-23)41-18-21-7-9-22(10-8-21)31(2,3)4/h7-10,15-16,19H,6,11-14,17-18H2,1-5H3. The molecule has 9 nitrogen and oxygen atoms in total. The van der Waals surface area contributed by atoms with Crippen LogP contribution in [0.5, 0.6) is 5.75 Å². The van der Waals surface area contributed by atoms with Gasteiger partial charge in [-0.3, -0.25) is 19.2 Å². The molecule has 1 aliphatic heterocycles. The van der Waals surface area contributed by atoms with Crippen LogP contribution in [0.15, 0.2) is 52.0 Å². The van der Waals surface area contributed by atoms with E-state index < -0.39 is 0 Å². The van der Waals surface area contributed by atoms with Gasteiger partial charge in [-0.1, -0.05) is 56.6 Å². The van der Waals surface area contributed by atoms with Crippen molar-refractivity contribution in [2.75, 3.05) is 26.2 Å². The normalized spacial score (nSPS) is 14.8. The van der Waals surface area contributed by atoms with Crippen LogP contribution in [0.1, 0.15) is 60.1 Å². The van der Waals surface area contributed by atoms with E-state index in [1.54, 1.807) is 11.7 Å². The summed E-state index contributed by atoms with van der Waals surface area (Å²) in [6.45, 7) is 11.7. The number of ether oxygens (including phenoxy) is 1. The predicted octanol–water partition coefficient (Wildman–Crippen LogP) is 5.11. The molecule has 0 aliphatic carbocycles. The highest BCUT2D eigenvalue weighted by atomic mass is 35.5. The molecule has 1 fully saturated rings. The summed E-state index contributed by atoms with van der Waals surface area (Å²) in [6.07, 6.45) is 3.71. The van der Waals surface area contributed by atoms with E-state index in [1.165, 1.54) is 24.1 Å². The van der Waals surface area contributed by atoms with Gasteiger partial charge in [-0.15, -0.1) is 0 Å². The van der Waals surface area contributed by atoms with Crippen molar-refractivity contribution in [2.45, 2.75) is 52.7 Å². The number of rotatable bonds is 6. The van der Waals surface area contributed by atoms with E-state index >= 15 is 0 Å². The first-order valence-electron chi connectivity index (χ1n) is 13.8. The smallest absolute Gasteiger partial charge is 0.257 e. The first-order valence-corrected chi connectivity index (χ1v) is 14.2. The van der Waals surface area contributed by atoms with Gasteiger partial charge < -0.3 is 14.1 Å². The van der Waals surface area contributed by atoms with Gasteiger partial charge in [-0.05, 0) is 29.9 Å². The lowest BCUT2D eigenvalue weighted by atomic mass is 9.87. The zero-order chi connectivity index (χ0) is 29.3. The molecule has 216 valence electrons. The molecule has 3 aromatic heterocycles. The summed E-state index contributed by atoms with van der Waals surface area (Å²) in [7, 11) is 1.80. The minimum atomic E-state index is -0.215. The molecule has 41 heavy (non-hydrogen) atoms. The second kappa shape index (κ2) is 11.7. The number of hydrogen-bond donors (Lipinski definition) is 0. The van der Waals surface area contributed by atoms with Gasteiger partial charge in [0, 0.05) is 45.5 Å². The highest BCUT2D eigenvalue weighted by molar-refractivity contribution is 6.38. The Morgan fingerprint density at radius 2 is 1.88 bits per heavy atom. The van der Waals surface area contributed by atoms with E-state index in [1.807, 2.05) is 24.0 Å². The van der Waals surface area contributed by atoms with E-state index in [0.29, 0.717) is 53.6 Å². The number of carbonyl (C=O) groups is 1. The summed E-state index contributed by atoms with van der Waals surface area (Å²) in [6, 6.07) is 9.71. The van der Waals surface area contributed by atoms with Crippen molar-refractivity contribution in [3.05, 3.63) is 86.2 Å². The average Bonchev–Trinajstić information content (AvgIpc) is 3.07. The maximum atomic E-state index is 13.4. The number of fused-ring (bicyclic) bond motifs is 1. The summed E-state index contributed by atoms with van der Waals surface area (Å²) in [5.41, 5.74) is 3.87. The van der Waals surface area contributed by atoms with E-state index in [9.17, 15) is 9.59 Å². The molecular formula is C31H36ClN5O4. The molecule has 1 saturated heterocycles. The highest BCUT2D eigenvalue weighted by Crippen LogP contribution is 2.29. The van der Waals surface area contributed by atoms with Crippen molar-refractivity contribution in [3.63, 3.8) is 0 Å². The fourth-order valence-corrected chi connectivity index (χ4v) is 5.48. The molecule has 4 heterocycles. The van der Waals surface area contributed by atoms with Crippen molar-refractivity contribution in [2.24, 2.45) is 7.05 Å². The second-order valence-corrected chi connectivity index (χ2v) is 12.0. The maximum Gasteiger partial charge on any atom is 0.257 e. The minimum absolute atomic E-state index is 0.0804. The van der Waals surface area contributed by atoms with Gasteiger partial charge in [0.15, 0.2) is 5.65 Å². The largest absolute Gasteiger partial charge is 0.482 e. The van der Waals surface area contributed by atoms with E-state index in [-0.39, 0.29) is 29.1 Å². The molecule has 0 atom stereocenters. The monoisotopic (exact) mass is 577 g/mol. The average molecular weight is 578 g/mol. The number of carbonyl (C=O) groups excluding carboxylic acids is 1. The van der Waals surface area contributed by atoms with Crippen LogP contribution in [0.25, 0.3) is 11.0 Å². The van der Waals surface area contributed by atoms with E-state index in [4.69, 9.17) is 20.8 Å². The van der Waals surface area contributed by atoms with Crippen molar-refractivity contribution in [1.29, 1.82) is 0 Å². The summed E-state index contributed by atoms with van der Waals surface area (Å²) in [5.74, 6) is 0.601. The minimum Gasteiger partial charge on any atom is -0.482 e. The lowest BCUT2D eigenvalue weighted by Crippen LogP contribution is -2.35. The number of halogens is 1. The lowest BCUT2D eigenvalue weighted by molar-refractivity contribution is 0.0760. The molecule has 0 spiro atoms. The molecule has 0 unspecified atom stereocenters. The topological polar surface area (TPSA) is 93.7 Å². The summed E-state index contributed by atoms with van der Waals surface area (Å²) in [5, 5.41) is 5.47. The van der Waals surface area contributed by atoms with Crippen molar-refractivity contribution < 1.29 is 13.9 Å². The molecule has 1 aliphatic rings. The number of aryl methyl sites for hydroxylation is 2. The SMILES string of the molecule is Cc1nn(C)c2ncc(C(=O)N3CCCN(Cc4cc(=O)c(OCc5ccc(C(C)(C)C)cc5)co4)CC3)c(Cl)c12. The fourth-order valence-electron chi connectivity index (χ4n) is 5.13. The zero-order valence-electron chi connectivity index (χ0n) is 24.2. The summed E-state index contributed by atoms with van der Waals surface area (Å²) < 4.78 is 13.2. The van der Waals surface area contributed by atoms with Crippen LogP contribution in [-0.2, 0) is 25.6 Å². The van der Waals surface area contributed by atoms with Crippen LogP contribution >= 0.6 is 11.6 Å². The number of amides is 1.